The Bertz CT molecular complexity index is 1710. The van der Waals surface area contributed by atoms with E-state index < -0.39 is 77.4 Å². The number of aromatic hydroxyl groups is 1. The van der Waals surface area contributed by atoms with Crippen LogP contribution in [0, 0.1) is 17.8 Å². The Balaban J connectivity index is 1.55. The third-order valence-electron chi connectivity index (χ3n) is 9.96. The van der Waals surface area contributed by atoms with E-state index in [0.717, 1.165) is 5.57 Å². The lowest BCUT2D eigenvalue weighted by Gasteiger charge is -2.44. The van der Waals surface area contributed by atoms with Gasteiger partial charge in [0.1, 0.15) is 29.6 Å². The molecule has 1 amide bonds. The second-order valence-corrected chi connectivity index (χ2v) is 13.9. The average Bonchev–Trinajstić information content (AvgIpc) is 3.41. The third kappa shape index (κ3) is 11.2. The van der Waals surface area contributed by atoms with Crippen molar-refractivity contribution in [2.24, 2.45) is 17.8 Å². The molecule has 2 fully saturated rings. The molecule has 296 valence electrons. The molecule has 0 saturated carbocycles. The molecule has 1 unspecified atom stereocenters. The summed E-state index contributed by atoms with van der Waals surface area (Å²) in [5.74, 6) is -4.89. The quantitative estimate of drug-likeness (QED) is 0.0741. The summed E-state index contributed by atoms with van der Waals surface area (Å²) in [6.45, 7) is 10.6. The van der Waals surface area contributed by atoms with E-state index in [-0.39, 0.29) is 35.9 Å². The molecule has 13 heteroatoms. The minimum absolute atomic E-state index is 0.0934. The van der Waals surface area contributed by atoms with Crippen LogP contribution in [0.3, 0.4) is 0 Å². The summed E-state index contributed by atoms with van der Waals surface area (Å²) in [5.41, 5.74) is -0.00758. The van der Waals surface area contributed by atoms with Crippen LogP contribution in [0.25, 0.3) is 0 Å². The number of rotatable bonds is 16. The zero-order valence-electron chi connectivity index (χ0n) is 32.0. The van der Waals surface area contributed by atoms with Gasteiger partial charge in [-0.05, 0) is 44.9 Å². The first-order chi connectivity index (χ1) is 25.6. The number of hydrogen-bond acceptors (Lipinski definition) is 11. The van der Waals surface area contributed by atoms with Crippen molar-refractivity contribution in [2.75, 3.05) is 13.7 Å². The fourth-order valence-corrected chi connectivity index (χ4v) is 6.48. The van der Waals surface area contributed by atoms with E-state index in [1.807, 2.05) is 45.9 Å². The molecule has 1 aromatic heterocycles. The first kappa shape index (κ1) is 44.2. The number of Topliss-reactive ketones (excluding diaryl/α,β-unsaturated/α-hetero) is 1. The van der Waals surface area contributed by atoms with Crippen LogP contribution in [0.4, 0.5) is 0 Å². The highest BCUT2D eigenvalue weighted by Crippen LogP contribution is 2.37. The van der Waals surface area contributed by atoms with Crippen molar-refractivity contribution in [2.45, 2.75) is 96.5 Å². The number of aliphatic hydroxyl groups is 4. The average molecular weight is 753 g/mol. The SMILES string of the molecule is C/C=C\C=C\[C@@H]1O[C@@](O)([C@H](C)C(=O)NC/C=C/C=C(\C)[C@@H](OC)[C@@H](C)[C@@H]2O[C@H](/C=C/C=C/C=C(\C)C(=O)c3c(O)cc[nH]c3=O)[C@H](O)[C@@H]2O)CC(O)[C@@H]1C. The molecule has 2 saturated heterocycles. The fraction of sp³-hybridized carbons (Fsp3) is 0.488. The summed E-state index contributed by atoms with van der Waals surface area (Å²) < 4.78 is 17.7. The van der Waals surface area contributed by atoms with Gasteiger partial charge in [0, 0.05) is 38.1 Å². The number of nitrogens with one attached hydrogen (secondary N) is 2. The lowest BCUT2D eigenvalue weighted by atomic mass is 9.83. The van der Waals surface area contributed by atoms with Gasteiger partial charge in [-0.15, -0.1) is 0 Å². The molecule has 0 aromatic carbocycles. The summed E-state index contributed by atoms with van der Waals surface area (Å²) in [7, 11) is 1.54. The van der Waals surface area contributed by atoms with Gasteiger partial charge in [0.25, 0.3) is 5.56 Å². The van der Waals surface area contributed by atoms with Crippen molar-refractivity contribution in [3.8, 4) is 5.75 Å². The summed E-state index contributed by atoms with van der Waals surface area (Å²) in [4.78, 5) is 39.9. The molecule has 0 aliphatic carbocycles. The fourth-order valence-electron chi connectivity index (χ4n) is 6.48. The Hall–Kier alpha value is -4.21. The highest BCUT2D eigenvalue weighted by Gasteiger charge is 2.49. The minimum Gasteiger partial charge on any atom is -0.507 e. The summed E-state index contributed by atoms with van der Waals surface area (Å²) in [6.07, 6.45) is 15.6. The smallest absolute Gasteiger partial charge is 0.262 e. The maximum atomic E-state index is 13.0. The zero-order chi connectivity index (χ0) is 40.2. The maximum absolute atomic E-state index is 13.0. The first-order valence-electron chi connectivity index (χ1n) is 18.1. The van der Waals surface area contributed by atoms with E-state index in [0.29, 0.717) is 0 Å². The summed E-state index contributed by atoms with van der Waals surface area (Å²) in [6, 6.07) is 1.22. The Labute approximate surface area is 316 Å². The molecule has 11 atom stereocenters. The van der Waals surface area contributed by atoms with Gasteiger partial charge in [0.05, 0.1) is 30.3 Å². The van der Waals surface area contributed by atoms with Gasteiger partial charge in [-0.25, -0.2) is 0 Å². The largest absolute Gasteiger partial charge is 0.507 e. The number of ether oxygens (including phenoxy) is 3. The van der Waals surface area contributed by atoms with Crippen LogP contribution in [0.15, 0.2) is 101 Å². The predicted molar refractivity (Wildman–Crippen MR) is 204 cm³/mol. The highest BCUT2D eigenvalue weighted by atomic mass is 16.6. The molecule has 13 nitrogen and oxygen atoms in total. The first-order valence-corrected chi connectivity index (χ1v) is 18.1. The van der Waals surface area contributed by atoms with Crippen LogP contribution in [-0.4, -0.2) is 104 Å². The molecule has 0 radical (unpaired) electrons. The van der Waals surface area contributed by atoms with Crippen molar-refractivity contribution in [1.82, 2.24) is 10.3 Å². The molecule has 0 spiro atoms. The van der Waals surface area contributed by atoms with Crippen LogP contribution < -0.4 is 10.9 Å². The number of aromatic amines is 1. The molecule has 0 bridgehead atoms. The zero-order valence-corrected chi connectivity index (χ0v) is 32.0. The lowest BCUT2D eigenvalue weighted by molar-refractivity contribution is -0.294. The van der Waals surface area contributed by atoms with E-state index in [4.69, 9.17) is 14.2 Å². The van der Waals surface area contributed by atoms with E-state index in [1.165, 1.54) is 32.4 Å². The summed E-state index contributed by atoms with van der Waals surface area (Å²) in [5, 5.41) is 56.1. The second kappa shape index (κ2) is 20.5. The normalized spacial score (nSPS) is 30.2. The Morgan fingerprint density at radius 3 is 2.39 bits per heavy atom. The maximum Gasteiger partial charge on any atom is 0.262 e. The number of pyridine rings is 1. The molecular weight excluding hydrogens is 696 g/mol. The lowest BCUT2D eigenvalue weighted by Crippen LogP contribution is -2.56. The number of aliphatic hydroxyl groups excluding tert-OH is 3. The number of carbonyl (C=O) groups excluding carboxylic acids is 2. The van der Waals surface area contributed by atoms with Crippen molar-refractivity contribution >= 4 is 11.7 Å². The van der Waals surface area contributed by atoms with Gasteiger partial charge < -0.3 is 50.0 Å². The van der Waals surface area contributed by atoms with Gasteiger partial charge >= 0.3 is 0 Å². The molecule has 7 N–H and O–H groups in total. The molecule has 1 aromatic rings. The van der Waals surface area contributed by atoms with Crippen molar-refractivity contribution in [1.29, 1.82) is 0 Å². The Morgan fingerprint density at radius 2 is 1.72 bits per heavy atom. The predicted octanol–water partition coefficient (Wildman–Crippen LogP) is 3.32. The highest BCUT2D eigenvalue weighted by molar-refractivity contribution is 6.09. The number of methoxy groups -OCH3 is 1. The standard InChI is InChI=1S/C41H56N2O11/c1-8-9-11-18-31-26(4)30(45)23-41(51,54-31)28(6)39(49)42-21-15-14-17-25(3)37(52-7)27(5)38-36(48)35(47)32(53-38)19-13-10-12-16-24(2)34(46)33-29(44)20-22-43-40(33)50/h8-20,22,26-28,30-32,35-38,45,47-48,51H,21,23H2,1-7H3,(H,42,49)(H2,43,44,50)/b9-8-,12-10+,15-14+,18-11+,19-13+,24-16+,25-17+/t26-,27+,28+,30?,31-,32+,35-,36-,37+,38-,41+/m0/s1. The number of allylic oxidation sites excluding steroid dienone is 10. The number of amides is 1. The summed E-state index contributed by atoms with van der Waals surface area (Å²) >= 11 is 0. The Kier molecular flexibility index (Phi) is 16.7. The van der Waals surface area contributed by atoms with Gasteiger partial charge in [0.2, 0.25) is 5.91 Å². The van der Waals surface area contributed by atoms with Gasteiger partial charge in [-0.2, -0.15) is 0 Å². The molecule has 3 rings (SSSR count). The van der Waals surface area contributed by atoms with Crippen LogP contribution in [-0.2, 0) is 19.0 Å². The number of aromatic nitrogens is 1. The van der Waals surface area contributed by atoms with Crippen LogP contribution in [0.5, 0.6) is 5.75 Å². The van der Waals surface area contributed by atoms with Gasteiger partial charge in [0.15, 0.2) is 11.6 Å². The van der Waals surface area contributed by atoms with Crippen LogP contribution >= 0.6 is 0 Å². The second-order valence-electron chi connectivity index (χ2n) is 13.9. The molecule has 54 heavy (non-hydrogen) atoms. The van der Waals surface area contributed by atoms with E-state index in [1.54, 1.807) is 55.5 Å². The van der Waals surface area contributed by atoms with E-state index in [2.05, 4.69) is 10.3 Å². The number of ketones is 1. The van der Waals surface area contributed by atoms with E-state index in [9.17, 15) is 39.9 Å². The van der Waals surface area contributed by atoms with Crippen molar-refractivity contribution in [3.63, 3.8) is 0 Å². The monoisotopic (exact) mass is 752 g/mol. The molecule has 2 aliphatic rings. The van der Waals surface area contributed by atoms with Gasteiger partial charge in [-0.1, -0.05) is 86.8 Å². The van der Waals surface area contributed by atoms with Crippen LogP contribution in [0.2, 0.25) is 0 Å². The van der Waals surface area contributed by atoms with Crippen molar-refractivity contribution in [3.05, 3.63) is 112 Å². The van der Waals surface area contributed by atoms with Crippen LogP contribution in [0.1, 0.15) is 58.3 Å². The molecule has 2 aliphatic heterocycles. The number of H-pyrrole nitrogens is 1. The minimum atomic E-state index is -1.84. The molecule has 3 heterocycles. The molecular formula is C41H56N2O11. The number of carbonyl (C=O) groups is 2. The van der Waals surface area contributed by atoms with E-state index >= 15 is 0 Å². The van der Waals surface area contributed by atoms with Gasteiger partial charge in [-0.3, -0.25) is 14.4 Å². The topological polar surface area (TPSA) is 208 Å². The Morgan fingerprint density at radius 1 is 1.04 bits per heavy atom. The van der Waals surface area contributed by atoms with Crippen molar-refractivity contribution < 1.29 is 49.3 Å². The number of hydrogen-bond donors (Lipinski definition) is 7. The third-order valence-corrected chi connectivity index (χ3v) is 9.96.